The van der Waals surface area contributed by atoms with Crippen LogP contribution in [-0.2, 0) is 8.85 Å². The Morgan fingerprint density at radius 2 is 1.28 bits per heavy atom. The van der Waals surface area contributed by atoms with E-state index in [4.69, 9.17) is 8.85 Å². The second-order valence-electron chi connectivity index (χ2n) is 7.51. The van der Waals surface area contributed by atoms with Gasteiger partial charge in [-0.1, -0.05) is 32.1 Å². The first-order chi connectivity index (χ1) is 8.16. The zero-order valence-electron chi connectivity index (χ0n) is 13.1. The molecular weight excluding hydrogens is 240 g/mol. The summed E-state index contributed by atoms with van der Waals surface area (Å²) in [6.45, 7) is 12.8. The minimum atomic E-state index is -1.16. The summed E-state index contributed by atoms with van der Waals surface area (Å²) in [7, 11) is -1.16. The van der Waals surface area contributed by atoms with Gasteiger partial charge in [0.15, 0.2) is 0 Å². The molecule has 0 spiro atoms. The van der Waals surface area contributed by atoms with E-state index in [1.165, 1.54) is 32.1 Å². The molecule has 2 nitrogen and oxygen atoms in total. The summed E-state index contributed by atoms with van der Waals surface area (Å²) in [5.74, 6) is 0.831. The lowest BCUT2D eigenvalue weighted by Gasteiger charge is -2.33. The normalized spacial score (nSPS) is 19.5. The lowest BCUT2D eigenvalue weighted by molar-refractivity contribution is 0.0312. The Morgan fingerprint density at radius 3 is 1.67 bits per heavy atom. The van der Waals surface area contributed by atoms with Gasteiger partial charge in [0.05, 0.1) is 0 Å². The maximum absolute atomic E-state index is 6.20. The van der Waals surface area contributed by atoms with Gasteiger partial charge in [-0.2, -0.15) is 0 Å². The highest BCUT2D eigenvalue weighted by Gasteiger charge is 2.31. The quantitative estimate of drug-likeness (QED) is 0.691. The molecule has 0 aliphatic heterocycles. The van der Waals surface area contributed by atoms with Crippen LogP contribution in [0.2, 0.25) is 6.04 Å². The number of hydrogen-bond acceptors (Lipinski definition) is 2. The number of hydrogen-bond donors (Lipinski definition) is 0. The van der Waals surface area contributed by atoms with Crippen LogP contribution in [0.25, 0.3) is 0 Å². The highest BCUT2D eigenvalue weighted by Crippen LogP contribution is 2.30. The molecule has 18 heavy (non-hydrogen) atoms. The van der Waals surface area contributed by atoms with Gasteiger partial charge in [-0.3, -0.25) is 0 Å². The van der Waals surface area contributed by atoms with Gasteiger partial charge < -0.3 is 8.85 Å². The third-order valence-corrected chi connectivity index (χ3v) is 5.61. The minimum Gasteiger partial charge on any atom is -0.388 e. The minimum absolute atomic E-state index is 0.0891. The Hall–Kier alpha value is 0.137. The molecule has 0 atom stereocenters. The van der Waals surface area contributed by atoms with Gasteiger partial charge in [-0.05, 0) is 53.5 Å². The van der Waals surface area contributed by atoms with Crippen molar-refractivity contribution >= 4 is 9.28 Å². The summed E-state index contributed by atoms with van der Waals surface area (Å²) in [5.41, 5.74) is -0.178. The van der Waals surface area contributed by atoms with Gasteiger partial charge in [-0.15, -0.1) is 0 Å². The fourth-order valence-electron chi connectivity index (χ4n) is 2.41. The third-order valence-electron chi connectivity index (χ3n) is 3.02. The van der Waals surface area contributed by atoms with Gasteiger partial charge in [0.25, 0.3) is 0 Å². The van der Waals surface area contributed by atoms with Crippen LogP contribution in [0.5, 0.6) is 0 Å². The molecule has 1 fully saturated rings. The first-order valence-electron chi connectivity index (χ1n) is 7.39. The second-order valence-corrected chi connectivity index (χ2v) is 9.07. The zero-order chi connectivity index (χ0) is 13.8. The first kappa shape index (κ1) is 16.2. The van der Waals surface area contributed by atoms with Crippen LogP contribution < -0.4 is 0 Å². The fourth-order valence-corrected chi connectivity index (χ4v) is 4.87. The van der Waals surface area contributed by atoms with E-state index >= 15 is 0 Å². The Kier molecular flexibility index (Phi) is 5.88. The summed E-state index contributed by atoms with van der Waals surface area (Å²) in [6.07, 6.45) is 6.94. The maximum atomic E-state index is 6.20. The van der Waals surface area contributed by atoms with Crippen molar-refractivity contribution < 1.29 is 8.85 Å². The molecule has 3 heteroatoms. The average Bonchev–Trinajstić information content (AvgIpc) is 2.13. The van der Waals surface area contributed by atoms with E-state index in [1.807, 2.05) is 0 Å². The Labute approximate surface area is 115 Å². The molecule has 107 valence electrons. The fraction of sp³-hybridized carbons (Fsp3) is 1.00. The summed E-state index contributed by atoms with van der Waals surface area (Å²) in [4.78, 5) is 0. The largest absolute Gasteiger partial charge is 0.388 e. The van der Waals surface area contributed by atoms with E-state index in [2.05, 4.69) is 41.5 Å². The summed E-state index contributed by atoms with van der Waals surface area (Å²) >= 11 is 0. The molecule has 0 aromatic rings. The second kappa shape index (κ2) is 6.53. The molecule has 1 aliphatic carbocycles. The standard InChI is InChI=1S/C15H31O2Si/c1-14(2,3)16-18(17-15(4,5)6)12-13-10-8-7-9-11-13/h13H,7-12H2,1-6H3. The molecule has 0 aromatic carbocycles. The topological polar surface area (TPSA) is 18.5 Å². The van der Waals surface area contributed by atoms with Crippen LogP contribution in [0.15, 0.2) is 0 Å². The summed E-state index contributed by atoms with van der Waals surface area (Å²) < 4.78 is 12.4. The third kappa shape index (κ3) is 7.55. The highest BCUT2D eigenvalue weighted by atomic mass is 28.3. The predicted molar refractivity (Wildman–Crippen MR) is 78.8 cm³/mol. The molecule has 0 unspecified atom stereocenters. The zero-order valence-corrected chi connectivity index (χ0v) is 14.1. The van der Waals surface area contributed by atoms with Crippen molar-refractivity contribution in [1.29, 1.82) is 0 Å². The summed E-state index contributed by atoms with van der Waals surface area (Å²) in [6, 6.07) is 1.15. The van der Waals surface area contributed by atoms with Crippen LogP contribution >= 0.6 is 0 Å². The SMILES string of the molecule is CC(C)(C)O[Si](CC1CCCCC1)OC(C)(C)C. The average molecular weight is 271 g/mol. The van der Waals surface area contributed by atoms with Crippen LogP contribution in [0.1, 0.15) is 73.6 Å². The van der Waals surface area contributed by atoms with Crippen molar-refractivity contribution in [3.05, 3.63) is 0 Å². The molecular formula is C15H31O2Si. The molecule has 0 N–H and O–H groups in total. The molecule has 1 rings (SSSR count). The Bertz CT molecular complexity index is 218. The molecule has 1 aliphatic rings. The van der Waals surface area contributed by atoms with E-state index < -0.39 is 9.28 Å². The van der Waals surface area contributed by atoms with Gasteiger partial charge >= 0.3 is 9.28 Å². The van der Waals surface area contributed by atoms with E-state index in [1.54, 1.807) is 0 Å². The van der Waals surface area contributed by atoms with Crippen LogP contribution in [-0.4, -0.2) is 20.5 Å². The Balaban J connectivity index is 2.53. The molecule has 0 saturated heterocycles. The van der Waals surface area contributed by atoms with Gasteiger partial charge in [0.1, 0.15) is 0 Å². The van der Waals surface area contributed by atoms with Gasteiger partial charge in [0, 0.05) is 11.2 Å². The molecule has 0 heterocycles. The molecule has 0 bridgehead atoms. The molecule has 1 radical (unpaired) electrons. The van der Waals surface area contributed by atoms with Crippen molar-refractivity contribution in [2.45, 2.75) is 90.9 Å². The van der Waals surface area contributed by atoms with Crippen molar-refractivity contribution in [2.24, 2.45) is 5.92 Å². The Morgan fingerprint density at radius 1 is 0.833 bits per heavy atom. The molecule has 0 amide bonds. The van der Waals surface area contributed by atoms with E-state index in [9.17, 15) is 0 Å². The van der Waals surface area contributed by atoms with E-state index in [0.29, 0.717) is 0 Å². The van der Waals surface area contributed by atoms with Gasteiger partial charge in [0.2, 0.25) is 0 Å². The van der Waals surface area contributed by atoms with Crippen LogP contribution in [0, 0.1) is 5.92 Å². The predicted octanol–water partition coefficient (Wildman–Crippen LogP) is 4.69. The van der Waals surface area contributed by atoms with E-state index in [0.717, 1.165) is 12.0 Å². The van der Waals surface area contributed by atoms with Crippen molar-refractivity contribution in [3.63, 3.8) is 0 Å². The van der Waals surface area contributed by atoms with Crippen molar-refractivity contribution in [3.8, 4) is 0 Å². The van der Waals surface area contributed by atoms with Crippen molar-refractivity contribution in [1.82, 2.24) is 0 Å². The smallest absolute Gasteiger partial charge is 0.385 e. The van der Waals surface area contributed by atoms with Crippen LogP contribution in [0.3, 0.4) is 0 Å². The monoisotopic (exact) mass is 271 g/mol. The first-order valence-corrected chi connectivity index (χ1v) is 8.92. The maximum Gasteiger partial charge on any atom is 0.385 e. The van der Waals surface area contributed by atoms with Gasteiger partial charge in [-0.25, -0.2) is 0 Å². The van der Waals surface area contributed by atoms with E-state index in [-0.39, 0.29) is 11.2 Å². The lowest BCUT2D eigenvalue weighted by atomic mass is 9.91. The summed E-state index contributed by atoms with van der Waals surface area (Å²) in [5, 5.41) is 0. The number of rotatable bonds is 4. The molecule has 0 aromatic heterocycles. The van der Waals surface area contributed by atoms with Crippen LogP contribution in [0.4, 0.5) is 0 Å². The lowest BCUT2D eigenvalue weighted by Crippen LogP contribution is -2.40. The van der Waals surface area contributed by atoms with Crippen molar-refractivity contribution in [2.75, 3.05) is 0 Å². The highest BCUT2D eigenvalue weighted by molar-refractivity contribution is 6.44. The molecule has 1 saturated carbocycles.